The fourth-order valence-electron chi connectivity index (χ4n) is 4.32. The number of benzene rings is 1. The topological polar surface area (TPSA) is 54.3 Å². The van der Waals surface area contributed by atoms with Crippen LogP contribution in [0.15, 0.2) is 55.1 Å². The number of hydrogen-bond acceptors (Lipinski definition) is 4. The quantitative estimate of drug-likeness (QED) is 0.486. The minimum atomic E-state index is -0.336. The molecule has 4 rings (SSSR count). The Labute approximate surface area is 188 Å². The molecule has 3 aromatic rings. The van der Waals surface area contributed by atoms with E-state index < -0.39 is 0 Å². The van der Waals surface area contributed by atoms with E-state index in [4.69, 9.17) is 0 Å². The van der Waals surface area contributed by atoms with Gasteiger partial charge in [-0.3, -0.25) is 4.79 Å². The number of imidazole rings is 1. The van der Waals surface area contributed by atoms with Crippen LogP contribution < -0.4 is 9.80 Å². The summed E-state index contributed by atoms with van der Waals surface area (Å²) in [6, 6.07) is 10.4. The van der Waals surface area contributed by atoms with Crippen LogP contribution in [0, 0.1) is 5.82 Å². The van der Waals surface area contributed by atoms with Gasteiger partial charge in [-0.25, -0.2) is 14.4 Å². The Morgan fingerprint density at radius 1 is 1.06 bits per heavy atom. The van der Waals surface area contributed by atoms with Crippen molar-refractivity contribution < 1.29 is 9.18 Å². The van der Waals surface area contributed by atoms with Crippen LogP contribution in [0.2, 0.25) is 0 Å². The monoisotopic (exact) mass is 435 g/mol. The lowest BCUT2D eigenvalue weighted by molar-refractivity contribution is 0.0980. The van der Waals surface area contributed by atoms with Crippen molar-refractivity contribution in [1.29, 1.82) is 0 Å². The van der Waals surface area contributed by atoms with Gasteiger partial charge in [-0.1, -0.05) is 18.9 Å². The summed E-state index contributed by atoms with van der Waals surface area (Å²) in [7, 11) is 0. The van der Waals surface area contributed by atoms with Gasteiger partial charge in [-0.2, -0.15) is 0 Å². The van der Waals surface area contributed by atoms with Gasteiger partial charge in [-0.05, 0) is 62.6 Å². The van der Waals surface area contributed by atoms with E-state index in [1.54, 1.807) is 29.6 Å². The smallest absolute Gasteiger partial charge is 0.278 e. The van der Waals surface area contributed by atoms with E-state index in [9.17, 15) is 9.18 Å². The van der Waals surface area contributed by atoms with Crippen LogP contribution in [-0.2, 0) is 6.54 Å². The Balaban J connectivity index is 1.59. The molecule has 6 nitrogen and oxygen atoms in total. The molecule has 0 spiro atoms. The molecule has 1 fully saturated rings. The van der Waals surface area contributed by atoms with Gasteiger partial charge >= 0.3 is 0 Å². The standard InChI is InChI=1S/C25H30FN5O/c1-3-29(4-2)24-14-9-19(15-27-24)16-31(22-12-10-20(26)11-13-22)25(32)23-17-30(18-28-23)21-7-5-6-8-21/h9-15,17-18,21H,3-8,16H2,1-2H3. The van der Waals surface area contributed by atoms with Gasteiger partial charge in [0.2, 0.25) is 0 Å². The van der Waals surface area contributed by atoms with E-state index in [-0.39, 0.29) is 11.7 Å². The fourth-order valence-corrected chi connectivity index (χ4v) is 4.32. The minimum Gasteiger partial charge on any atom is -0.357 e. The summed E-state index contributed by atoms with van der Waals surface area (Å²) in [6.45, 7) is 6.28. The molecule has 0 radical (unpaired) electrons. The molecule has 168 valence electrons. The third-order valence-corrected chi connectivity index (χ3v) is 6.19. The van der Waals surface area contributed by atoms with Gasteiger partial charge in [0.05, 0.1) is 12.9 Å². The molecular weight excluding hydrogens is 405 g/mol. The molecule has 7 heteroatoms. The Bertz CT molecular complexity index is 1020. The normalized spacial score (nSPS) is 14.0. The van der Waals surface area contributed by atoms with Crippen LogP contribution in [0.5, 0.6) is 0 Å². The molecular formula is C25H30FN5O. The van der Waals surface area contributed by atoms with Crippen molar-refractivity contribution >= 4 is 17.4 Å². The molecule has 2 heterocycles. The molecule has 1 saturated carbocycles. The SMILES string of the molecule is CCN(CC)c1ccc(CN(C(=O)c2cn(C3CCCC3)cn2)c2ccc(F)cc2)cn1. The van der Waals surface area contributed by atoms with Gasteiger partial charge in [-0.15, -0.1) is 0 Å². The number of nitrogens with zero attached hydrogens (tertiary/aromatic N) is 5. The lowest BCUT2D eigenvalue weighted by Crippen LogP contribution is -2.31. The second-order valence-corrected chi connectivity index (χ2v) is 8.21. The lowest BCUT2D eigenvalue weighted by atomic mass is 10.2. The number of carbonyl (C=O) groups excluding carboxylic acids is 1. The first-order chi connectivity index (χ1) is 15.6. The molecule has 0 unspecified atom stereocenters. The molecule has 0 saturated heterocycles. The third-order valence-electron chi connectivity index (χ3n) is 6.19. The van der Waals surface area contributed by atoms with Gasteiger partial charge in [0.25, 0.3) is 5.91 Å². The van der Waals surface area contributed by atoms with Crippen LogP contribution >= 0.6 is 0 Å². The van der Waals surface area contributed by atoms with Gasteiger partial charge in [0, 0.05) is 37.2 Å². The first-order valence-electron chi connectivity index (χ1n) is 11.4. The summed E-state index contributed by atoms with van der Waals surface area (Å²) < 4.78 is 15.6. The third kappa shape index (κ3) is 4.82. The summed E-state index contributed by atoms with van der Waals surface area (Å²) in [5.74, 6) is 0.367. The van der Waals surface area contributed by atoms with Gasteiger partial charge in [0.1, 0.15) is 17.3 Å². The van der Waals surface area contributed by atoms with Crippen LogP contribution in [0.3, 0.4) is 0 Å². The van der Waals surface area contributed by atoms with Crippen molar-refractivity contribution in [2.45, 2.75) is 52.1 Å². The number of pyridine rings is 1. The molecule has 0 N–H and O–H groups in total. The van der Waals surface area contributed by atoms with E-state index >= 15 is 0 Å². The average molecular weight is 436 g/mol. The summed E-state index contributed by atoms with van der Waals surface area (Å²) >= 11 is 0. The number of anilines is 2. The summed E-state index contributed by atoms with van der Waals surface area (Å²) in [4.78, 5) is 26.2. The van der Waals surface area contributed by atoms with Gasteiger partial charge in [0.15, 0.2) is 0 Å². The Hall–Kier alpha value is -3.22. The molecule has 1 amide bonds. The second kappa shape index (κ2) is 9.94. The predicted molar refractivity (Wildman–Crippen MR) is 124 cm³/mol. The number of hydrogen-bond donors (Lipinski definition) is 0. The van der Waals surface area contributed by atoms with Crippen molar-refractivity contribution in [3.8, 4) is 0 Å². The van der Waals surface area contributed by atoms with E-state index in [1.165, 1.54) is 25.0 Å². The summed E-state index contributed by atoms with van der Waals surface area (Å²) in [6.07, 6.45) is 10.1. The molecule has 0 atom stereocenters. The Kier molecular flexibility index (Phi) is 6.83. The number of amides is 1. The van der Waals surface area contributed by atoms with Gasteiger partial charge < -0.3 is 14.4 Å². The first kappa shape index (κ1) is 22.0. The van der Waals surface area contributed by atoms with Crippen LogP contribution in [0.1, 0.15) is 61.6 Å². The lowest BCUT2D eigenvalue weighted by Gasteiger charge is -2.23. The van der Waals surface area contributed by atoms with Crippen molar-refractivity contribution in [1.82, 2.24) is 14.5 Å². The van der Waals surface area contributed by atoms with Crippen LogP contribution in [-0.4, -0.2) is 33.5 Å². The van der Waals surface area contributed by atoms with E-state index in [0.717, 1.165) is 37.3 Å². The highest BCUT2D eigenvalue weighted by molar-refractivity contribution is 6.04. The Morgan fingerprint density at radius 3 is 2.41 bits per heavy atom. The molecule has 2 aromatic heterocycles. The van der Waals surface area contributed by atoms with Crippen molar-refractivity contribution in [3.63, 3.8) is 0 Å². The van der Waals surface area contributed by atoms with Crippen molar-refractivity contribution in [2.75, 3.05) is 22.9 Å². The number of halogens is 1. The van der Waals surface area contributed by atoms with Crippen molar-refractivity contribution in [2.24, 2.45) is 0 Å². The zero-order chi connectivity index (χ0) is 22.5. The zero-order valence-electron chi connectivity index (χ0n) is 18.7. The first-order valence-corrected chi connectivity index (χ1v) is 11.4. The maximum Gasteiger partial charge on any atom is 0.278 e. The summed E-state index contributed by atoms with van der Waals surface area (Å²) in [5, 5.41) is 0. The highest BCUT2D eigenvalue weighted by atomic mass is 19.1. The van der Waals surface area contributed by atoms with E-state index in [2.05, 4.69) is 33.3 Å². The maximum absolute atomic E-state index is 13.5. The second-order valence-electron chi connectivity index (χ2n) is 8.21. The zero-order valence-corrected chi connectivity index (χ0v) is 18.7. The Morgan fingerprint density at radius 2 is 1.78 bits per heavy atom. The summed E-state index contributed by atoms with van der Waals surface area (Å²) in [5.41, 5.74) is 1.92. The predicted octanol–water partition coefficient (Wildman–Crippen LogP) is 5.23. The molecule has 1 aromatic carbocycles. The van der Waals surface area contributed by atoms with Crippen molar-refractivity contribution in [3.05, 3.63) is 72.2 Å². The number of aromatic nitrogens is 3. The number of carbonyl (C=O) groups is 1. The highest BCUT2D eigenvalue weighted by Crippen LogP contribution is 2.29. The molecule has 0 bridgehead atoms. The molecule has 1 aliphatic rings. The average Bonchev–Trinajstić information content (AvgIpc) is 3.52. The minimum absolute atomic E-state index is 0.207. The van der Waals surface area contributed by atoms with E-state index in [1.807, 2.05) is 18.3 Å². The maximum atomic E-state index is 13.5. The molecule has 1 aliphatic carbocycles. The molecule has 32 heavy (non-hydrogen) atoms. The van der Waals surface area contributed by atoms with E-state index in [0.29, 0.717) is 24.0 Å². The van der Waals surface area contributed by atoms with Crippen LogP contribution in [0.4, 0.5) is 15.9 Å². The number of rotatable bonds is 8. The van der Waals surface area contributed by atoms with Crippen LogP contribution in [0.25, 0.3) is 0 Å². The molecule has 0 aliphatic heterocycles. The highest BCUT2D eigenvalue weighted by Gasteiger charge is 2.23. The largest absolute Gasteiger partial charge is 0.357 e. The fraction of sp³-hybridized carbons (Fsp3) is 0.400.